The largest absolute Gasteiger partial charge is 0.377 e. The molecule has 0 fully saturated rings. The highest BCUT2D eigenvalue weighted by Crippen LogP contribution is 2.20. The van der Waals surface area contributed by atoms with E-state index in [0.29, 0.717) is 6.04 Å². The van der Waals surface area contributed by atoms with Crippen molar-refractivity contribution >= 4 is 0 Å². The van der Waals surface area contributed by atoms with E-state index in [0.717, 1.165) is 12.8 Å². The van der Waals surface area contributed by atoms with E-state index in [9.17, 15) is 0 Å². The molecule has 76 valence electrons. The van der Waals surface area contributed by atoms with Crippen LogP contribution in [0.15, 0.2) is 0 Å². The lowest BCUT2D eigenvalue weighted by Crippen LogP contribution is -2.48. The molecule has 0 aliphatic heterocycles. The van der Waals surface area contributed by atoms with Gasteiger partial charge < -0.3 is 10.1 Å². The molecule has 0 aromatic rings. The second-order valence-electron chi connectivity index (χ2n) is 3.34. The van der Waals surface area contributed by atoms with Crippen molar-refractivity contribution in [2.24, 2.45) is 0 Å². The molecular weight excluding hydrogens is 162 g/mol. The molecule has 0 saturated carbocycles. The predicted molar refractivity (Wildman–Crippen MR) is 56.6 cm³/mol. The van der Waals surface area contributed by atoms with E-state index in [2.05, 4.69) is 31.0 Å². The molecule has 2 unspecified atom stereocenters. The molecule has 2 heteroatoms. The summed E-state index contributed by atoms with van der Waals surface area (Å²) in [6, 6.07) is 0.301. The molecule has 2 atom stereocenters. The summed E-state index contributed by atoms with van der Waals surface area (Å²) >= 11 is 0. The first kappa shape index (κ1) is 12.5. The predicted octanol–water partition coefficient (Wildman–Crippen LogP) is 1.80. The average Bonchev–Trinajstić information content (AvgIpc) is 2.18. The Labute approximate surface area is 82.1 Å². The molecule has 0 aromatic heterocycles. The van der Waals surface area contributed by atoms with Gasteiger partial charge >= 0.3 is 0 Å². The number of methoxy groups -OCH3 is 1. The average molecular weight is 183 g/mol. The minimum atomic E-state index is -0.113. The van der Waals surface area contributed by atoms with Gasteiger partial charge in [0.15, 0.2) is 0 Å². The van der Waals surface area contributed by atoms with Gasteiger partial charge in [-0.2, -0.15) is 0 Å². The molecule has 2 nitrogen and oxygen atoms in total. The molecule has 0 spiro atoms. The Morgan fingerprint density at radius 2 is 2.15 bits per heavy atom. The number of likely N-dealkylation sites (N-methyl/N-ethyl adjacent to an activating group) is 1. The molecule has 0 aliphatic carbocycles. The van der Waals surface area contributed by atoms with Gasteiger partial charge in [0.25, 0.3) is 0 Å². The summed E-state index contributed by atoms with van der Waals surface area (Å²) in [5.74, 6) is 5.99. The lowest BCUT2D eigenvalue weighted by molar-refractivity contribution is -0.0256. The van der Waals surface area contributed by atoms with E-state index in [1.807, 2.05) is 14.0 Å². The number of ether oxygens (including phenoxy) is 1. The molecule has 0 radical (unpaired) electrons. The maximum Gasteiger partial charge on any atom is 0.0809 e. The van der Waals surface area contributed by atoms with Crippen LogP contribution in [-0.4, -0.2) is 25.8 Å². The van der Waals surface area contributed by atoms with Crippen LogP contribution in [0.4, 0.5) is 0 Å². The third kappa shape index (κ3) is 3.38. The van der Waals surface area contributed by atoms with Crippen LogP contribution in [0.25, 0.3) is 0 Å². The van der Waals surface area contributed by atoms with E-state index in [4.69, 9.17) is 4.74 Å². The van der Waals surface area contributed by atoms with Crippen molar-refractivity contribution in [3.05, 3.63) is 0 Å². The fourth-order valence-electron chi connectivity index (χ4n) is 1.36. The molecule has 0 saturated heterocycles. The third-order valence-electron chi connectivity index (χ3n) is 2.74. The summed E-state index contributed by atoms with van der Waals surface area (Å²) in [6.07, 6.45) is 1.82. The summed E-state index contributed by atoms with van der Waals surface area (Å²) in [6.45, 7) is 6.11. The third-order valence-corrected chi connectivity index (χ3v) is 2.74. The van der Waals surface area contributed by atoms with Crippen molar-refractivity contribution in [3.63, 3.8) is 0 Å². The quantitative estimate of drug-likeness (QED) is 0.656. The highest BCUT2D eigenvalue weighted by molar-refractivity contribution is 5.02. The van der Waals surface area contributed by atoms with Crippen LogP contribution in [0.3, 0.4) is 0 Å². The van der Waals surface area contributed by atoms with Gasteiger partial charge in [0.1, 0.15) is 0 Å². The van der Waals surface area contributed by atoms with Gasteiger partial charge in [0.2, 0.25) is 0 Å². The minimum Gasteiger partial charge on any atom is -0.377 e. The van der Waals surface area contributed by atoms with Gasteiger partial charge in [0.05, 0.1) is 5.60 Å². The van der Waals surface area contributed by atoms with Crippen molar-refractivity contribution in [1.82, 2.24) is 5.32 Å². The molecule has 0 aliphatic rings. The van der Waals surface area contributed by atoms with Gasteiger partial charge in [0, 0.05) is 19.6 Å². The molecule has 0 amide bonds. The molecule has 13 heavy (non-hydrogen) atoms. The van der Waals surface area contributed by atoms with Crippen molar-refractivity contribution in [1.29, 1.82) is 0 Å². The van der Waals surface area contributed by atoms with Crippen LogP contribution < -0.4 is 5.32 Å². The maximum atomic E-state index is 5.51. The molecule has 0 bridgehead atoms. The zero-order chi connectivity index (χ0) is 10.3. The monoisotopic (exact) mass is 183 g/mol. The topological polar surface area (TPSA) is 21.3 Å². The summed E-state index contributed by atoms with van der Waals surface area (Å²) in [5, 5.41) is 3.25. The van der Waals surface area contributed by atoms with Gasteiger partial charge in [-0.15, -0.1) is 11.8 Å². The number of hydrogen-bond acceptors (Lipinski definition) is 2. The Bertz CT molecular complexity index is 186. The van der Waals surface area contributed by atoms with E-state index in [-0.39, 0.29) is 5.60 Å². The van der Waals surface area contributed by atoms with Crippen LogP contribution in [0.5, 0.6) is 0 Å². The zero-order valence-electron chi connectivity index (χ0n) is 9.40. The van der Waals surface area contributed by atoms with Crippen molar-refractivity contribution < 1.29 is 4.74 Å². The SMILES string of the molecule is CC#CCC(NC)C(C)(CC)OC. The standard InChI is InChI=1S/C11H21NO/c1-6-8-9-10(12-4)11(3,7-2)13-5/h10,12H,7,9H2,1-5H3. The Morgan fingerprint density at radius 1 is 1.54 bits per heavy atom. The second-order valence-corrected chi connectivity index (χ2v) is 3.34. The van der Waals surface area contributed by atoms with Crippen LogP contribution in [0.2, 0.25) is 0 Å². The van der Waals surface area contributed by atoms with Gasteiger partial charge in [-0.1, -0.05) is 6.92 Å². The highest BCUT2D eigenvalue weighted by atomic mass is 16.5. The Balaban J connectivity index is 4.39. The summed E-state index contributed by atoms with van der Waals surface area (Å²) < 4.78 is 5.51. The van der Waals surface area contributed by atoms with Crippen molar-refractivity contribution in [2.45, 2.75) is 45.3 Å². The van der Waals surface area contributed by atoms with Crippen LogP contribution in [-0.2, 0) is 4.74 Å². The second kappa shape index (κ2) is 6.01. The highest BCUT2D eigenvalue weighted by Gasteiger charge is 2.30. The zero-order valence-corrected chi connectivity index (χ0v) is 9.40. The van der Waals surface area contributed by atoms with E-state index >= 15 is 0 Å². The summed E-state index contributed by atoms with van der Waals surface area (Å²) in [4.78, 5) is 0. The van der Waals surface area contributed by atoms with Crippen LogP contribution in [0.1, 0.15) is 33.6 Å². The smallest absolute Gasteiger partial charge is 0.0809 e. The van der Waals surface area contributed by atoms with Crippen molar-refractivity contribution in [2.75, 3.05) is 14.2 Å². The van der Waals surface area contributed by atoms with E-state index < -0.39 is 0 Å². The van der Waals surface area contributed by atoms with E-state index in [1.165, 1.54) is 0 Å². The minimum absolute atomic E-state index is 0.113. The maximum absolute atomic E-state index is 5.51. The van der Waals surface area contributed by atoms with Crippen molar-refractivity contribution in [3.8, 4) is 11.8 Å². The first-order valence-corrected chi connectivity index (χ1v) is 4.76. The summed E-state index contributed by atoms with van der Waals surface area (Å²) in [5.41, 5.74) is -0.113. The fourth-order valence-corrected chi connectivity index (χ4v) is 1.36. The number of rotatable bonds is 5. The first-order valence-electron chi connectivity index (χ1n) is 4.76. The Morgan fingerprint density at radius 3 is 2.46 bits per heavy atom. The lowest BCUT2D eigenvalue weighted by atomic mass is 9.91. The molecule has 0 aromatic carbocycles. The number of hydrogen-bond donors (Lipinski definition) is 1. The molecule has 0 rings (SSSR count). The number of nitrogens with one attached hydrogen (secondary N) is 1. The van der Waals surface area contributed by atoms with Gasteiger partial charge in [-0.05, 0) is 27.3 Å². The van der Waals surface area contributed by atoms with Crippen LogP contribution >= 0.6 is 0 Å². The van der Waals surface area contributed by atoms with Gasteiger partial charge in [-0.25, -0.2) is 0 Å². The summed E-state index contributed by atoms with van der Waals surface area (Å²) in [7, 11) is 3.71. The molecule has 0 heterocycles. The lowest BCUT2D eigenvalue weighted by Gasteiger charge is -2.34. The van der Waals surface area contributed by atoms with Gasteiger partial charge in [-0.3, -0.25) is 0 Å². The van der Waals surface area contributed by atoms with E-state index in [1.54, 1.807) is 7.11 Å². The normalized spacial score (nSPS) is 17.0. The van der Waals surface area contributed by atoms with Crippen LogP contribution in [0, 0.1) is 11.8 Å². The fraction of sp³-hybridized carbons (Fsp3) is 0.818. The Hall–Kier alpha value is -0.520. The Kier molecular flexibility index (Phi) is 5.77. The first-order chi connectivity index (χ1) is 6.14. The molecular formula is C11H21NO. The molecule has 1 N–H and O–H groups in total.